The summed E-state index contributed by atoms with van der Waals surface area (Å²) < 4.78 is 4.59. The molecular weight excluding hydrogens is 276 g/mol. The van der Waals surface area contributed by atoms with Crippen molar-refractivity contribution in [2.75, 3.05) is 7.11 Å². The number of nitrogens with two attached hydrogens (primary N) is 1. The standard InChI is InChI=1S/C14H20N2O5/c1-14(2,13(20)21-3)16-12(19)9(15)6-8-4-5-10(17)11(18)7-8/h4-5,7,9,17-18H,6,15H2,1-3H3,(H,16,19)/t9-/m0/s1. The molecule has 0 heterocycles. The van der Waals surface area contributed by atoms with E-state index in [1.807, 2.05) is 0 Å². The van der Waals surface area contributed by atoms with Gasteiger partial charge < -0.3 is 26.0 Å². The third-order valence-corrected chi connectivity index (χ3v) is 2.96. The van der Waals surface area contributed by atoms with Gasteiger partial charge in [-0.3, -0.25) is 4.79 Å². The lowest BCUT2D eigenvalue weighted by Crippen LogP contribution is -2.55. The molecule has 5 N–H and O–H groups in total. The summed E-state index contributed by atoms with van der Waals surface area (Å²) in [6.07, 6.45) is 0.150. The van der Waals surface area contributed by atoms with Crippen molar-refractivity contribution in [2.45, 2.75) is 31.8 Å². The molecule has 116 valence electrons. The normalized spacial score (nSPS) is 12.6. The summed E-state index contributed by atoms with van der Waals surface area (Å²) in [4.78, 5) is 23.5. The minimum Gasteiger partial charge on any atom is -0.504 e. The lowest BCUT2D eigenvalue weighted by atomic mass is 10.0. The number of methoxy groups -OCH3 is 1. The van der Waals surface area contributed by atoms with E-state index in [1.165, 1.54) is 33.1 Å². The van der Waals surface area contributed by atoms with Gasteiger partial charge in [0.1, 0.15) is 5.54 Å². The van der Waals surface area contributed by atoms with Crippen LogP contribution in [0.25, 0.3) is 0 Å². The van der Waals surface area contributed by atoms with Gasteiger partial charge in [-0.1, -0.05) is 6.07 Å². The number of ether oxygens (including phenoxy) is 1. The highest BCUT2D eigenvalue weighted by molar-refractivity contribution is 5.89. The highest BCUT2D eigenvalue weighted by Crippen LogP contribution is 2.25. The Labute approximate surface area is 122 Å². The van der Waals surface area contributed by atoms with E-state index >= 15 is 0 Å². The molecule has 7 heteroatoms. The second-order valence-corrected chi connectivity index (χ2v) is 5.24. The number of amides is 1. The fraction of sp³-hybridized carbons (Fsp3) is 0.429. The zero-order valence-corrected chi connectivity index (χ0v) is 12.2. The molecule has 1 amide bonds. The summed E-state index contributed by atoms with van der Waals surface area (Å²) in [6, 6.07) is 3.28. The van der Waals surface area contributed by atoms with Crippen LogP contribution in [0.1, 0.15) is 19.4 Å². The summed E-state index contributed by atoms with van der Waals surface area (Å²) in [5, 5.41) is 21.1. The number of benzene rings is 1. The molecule has 0 aliphatic rings. The SMILES string of the molecule is COC(=O)C(C)(C)NC(=O)[C@@H](N)Cc1ccc(O)c(O)c1. The average molecular weight is 296 g/mol. The Morgan fingerprint density at radius 1 is 1.33 bits per heavy atom. The first-order chi connectivity index (χ1) is 9.67. The van der Waals surface area contributed by atoms with Crippen LogP contribution in [0.15, 0.2) is 18.2 Å². The number of esters is 1. The van der Waals surface area contributed by atoms with Crippen LogP contribution in [0.4, 0.5) is 0 Å². The summed E-state index contributed by atoms with van der Waals surface area (Å²) >= 11 is 0. The lowest BCUT2D eigenvalue weighted by molar-refractivity contribution is -0.149. The van der Waals surface area contributed by atoms with E-state index < -0.39 is 23.5 Å². The zero-order valence-electron chi connectivity index (χ0n) is 12.2. The van der Waals surface area contributed by atoms with E-state index in [0.717, 1.165) is 0 Å². The first-order valence-corrected chi connectivity index (χ1v) is 6.34. The second-order valence-electron chi connectivity index (χ2n) is 5.24. The highest BCUT2D eigenvalue weighted by Gasteiger charge is 2.32. The number of phenols is 2. The van der Waals surface area contributed by atoms with Gasteiger partial charge in [0.15, 0.2) is 11.5 Å². The van der Waals surface area contributed by atoms with E-state index in [1.54, 1.807) is 6.07 Å². The predicted molar refractivity (Wildman–Crippen MR) is 75.7 cm³/mol. The molecule has 0 aliphatic carbocycles. The van der Waals surface area contributed by atoms with Gasteiger partial charge in [0.2, 0.25) is 5.91 Å². The maximum absolute atomic E-state index is 12.0. The van der Waals surface area contributed by atoms with Crippen molar-refractivity contribution in [1.29, 1.82) is 0 Å². The van der Waals surface area contributed by atoms with Crippen LogP contribution in [0, 0.1) is 0 Å². The van der Waals surface area contributed by atoms with Gasteiger partial charge in [-0.25, -0.2) is 4.79 Å². The molecule has 1 aromatic rings. The Balaban J connectivity index is 2.70. The Bertz CT molecular complexity index is 542. The lowest BCUT2D eigenvalue weighted by Gasteiger charge is -2.25. The molecule has 0 aliphatic heterocycles. The largest absolute Gasteiger partial charge is 0.504 e. The number of phenolic OH excluding ortho intramolecular Hbond substituents is 2. The molecule has 21 heavy (non-hydrogen) atoms. The van der Waals surface area contributed by atoms with Crippen molar-refractivity contribution in [3.8, 4) is 11.5 Å². The van der Waals surface area contributed by atoms with Crippen molar-refractivity contribution in [3.63, 3.8) is 0 Å². The van der Waals surface area contributed by atoms with Crippen LogP contribution >= 0.6 is 0 Å². The van der Waals surface area contributed by atoms with Crippen LogP contribution < -0.4 is 11.1 Å². The molecule has 0 aromatic heterocycles. The summed E-state index contributed by atoms with van der Waals surface area (Å²) in [5.41, 5.74) is 5.18. The smallest absolute Gasteiger partial charge is 0.330 e. The third kappa shape index (κ3) is 4.35. The van der Waals surface area contributed by atoms with Gasteiger partial charge in [-0.15, -0.1) is 0 Å². The molecule has 0 unspecified atom stereocenters. The van der Waals surface area contributed by atoms with Crippen molar-refractivity contribution < 1.29 is 24.5 Å². The summed E-state index contributed by atoms with van der Waals surface area (Å²) in [5.74, 6) is -1.62. The van der Waals surface area contributed by atoms with Gasteiger partial charge in [-0.05, 0) is 38.0 Å². The Kier molecular flexibility index (Phi) is 5.15. The molecule has 1 aromatic carbocycles. The van der Waals surface area contributed by atoms with E-state index in [4.69, 9.17) is 5.73 Å². The average Bonchev–Trinajstić information content (AvgIpc) is 2.41. The monoisotopic (exact) mass is 296 g/mol. The number of nitrogens with one attached hydrogen (secondary N) is 1. The van der Waals surface area contributed by atoms with Gasteiger partial charge in [0, 0.05) is 0 Å². The minimum absolute atomic E-state index is 0.150. The predicted octanol–water partition coefficient (Wildman–Crippen LogP) is 0.0354. The van der Waals surface area contributed by atoms with Crippen LogP contribution in [-0.4, -0.2) is 40.8 Å². The van der Waals surface area contributed by atoms with Crippen LogP contribution in [0.3, 0.4) is 0 Å². The fourth-order valence-electron chi connectivity index (χ4n) is 1.75. The van der Waals surface area contributed by atoms with Crippen molar-refractivity contribution in [2.24, 2.45) is 5.73 Å². The van der Waals surface area contributed by atoms with Crippen molar-refractivity contribution in [1.82, 2.24) is 5.32 Å². The maximum Gasteiger partial charge on any atom is 0.330 e. The number of carbonyl (C=O) groups is 2. The maximum atomic E-state index is 12.0. The number of aromatic hydroxyl groups is 2. The zero-order chi connectivity index (χ0) is 16.2. The molecule has 0 radical (unpaired) electrons. The molecular formula is C14H20N2O5. The Morgan fingerprint density at radius 3 is 2.48 bits per heavy atom. The first kappa shape index (κ1) is 16.8. The van der Waals surface area contributed by atoms with E-state index in [9.17, 15) is 19.8 Å². The fourth-order valence-corrected chi connectivity index (χ4v) is 1.75. The van der Waals surface area contributed by atoms with Crippen LogP contribution in [-0.2, 0) is 20.7 Å². The third-order valence-electron chi connectivity index (χ3n) is 2.96. The van der Waals surface area contributed by atoms with Crippen molar-refractivity contribution >= 4 is 11.9 Å². The molecule has 1 atom stereocenters. The molecule has 0 saturated carbocycles. The number of carbonyl (C=O) groups excluding carboxylic acids is 2. The molecule has 0 bridgehead atoms. The summed E-state index contributed by atoms with van der Waals surface area (Å²) in [6.45, 7) is 3.02. The van der Waals surface area contributed by atoms with E-state index in [-0.39, 0.29) is 17.9 Å². The van der Waals surface area contributed by atoms with Gasteiger partial charge >= 0.3 is 5.97 Å². The Hall–Kier alpha value is -2.28. The molecule has 7 nitrogen and oxygen atoms in total. The van der Waals surface area contributed by atoms with Crippen molar-refractivity contribution in [3.05, 3.63) is 23.8 Å². The molecule has 0 fully saturated rings. The summed E-state index contributed by atoms with van der Waals surface area (Å²) in [7, 11) is 1.23. The number of hydrogen-bond donors (Lipinski definition) is 4. The van der Waals surface area contributed by atoms with Gasteiger partial charge in [0.25, 0.3) is 0 Å². The number of hydrogen-bond acceptors (Lipinski definition) is 6. The quantitative estimate of drug-likeness (QED) is 0.449. The van der Waals surface area contributed by atoms with E-state index in [0.29, 0.717) is 5.56 Å². The number of rotatable bonds is 5. The first-order valence-electron chi connectivity index (χ1n) is 6.34. The van der Waals surface area contributed by atoms with Gasteiger partial charge in [-0.2, -0.15) is 0 Å². The Morgan fingerprint density at radius 2 is 1.95 bits per heavy atom. The van der Waals surface area contributed by atoms with Gasteiger partial charge in [0.05, 0.1) is 13.2 Å². The van der Waals surface area contributed by atoms with E-state index in [2.05, 4.69) is 10.1 Å². The minimum atomic E-state index is -1.18. The molecule has 0 saturated heterocycles. The highest BCUT2D eigenvalue weighted by atomic mass is 16.5. The molecule has 1 rings (SSSR count). The van der Waals surface area contributed by atoms with Crippen LogP contribution in [0.2, 0.25) is 0 Å². The molecule has 0 spiro atoms. The van der Waals surface area contributed by atoms with Crippen LogP contribution in [0.5, 0.6) is 11.5 Å². The topological polar surface area (TPSA) is 122 Å². The second kappa shape index (κ2) is 6.45.